The Bertz CT molecular complexity index is 771. The Kier molecular flexibility index (Phi) is 5.41. The van der Waals surface area contributed by atoms with Gasteiger partial charge in [-0.2, -0.15) is 0 Å². The number of hydrogen-bond acceptors (Lipinski definition) is 5. The number of methoxy groups -OCH3 is 1. The molecule has 2 bridgehead atoms. The van der Waals surface area contributed by atoms with E-state index in [2.05, 4.69) is 34.7 Å². The highest BCUT2D eigenvalue weighted by molar-refractivity contribution is 5.41. The molecule has 27 heavy (non-hydrogen) atoms. The molecule has 0 amide bonds. The molecule has 0 saturated carbocycles. The first-order chi connectivity index (χ1) is 13.2. The zero-order valence-electron chi connectivity index (χ0n) is 16.7. The van der Waals surface area contributed by atoms with Crippen LogP contribution in [0, 0.1) is 19.8 Å². The van der Waals surface area contributed by atoms with E-state index < -0.39 is 0 Å². The van der Waals surface area contributed by atoms with Gasteiger partial charge in [-0.15, -0.1) is 0 Å². The van der Waals surface area contributed by atoms with E-state index in [1.807, 2.05) is 24.7 Å². The van der Waals surface area contributed by atoms with Gasteiger partial charge in [-0.3, -0.25) is 14.9 Å². The van der Waals surface area contributed by atoms with E-state index in [1.165, 1.54) is 38.0 Å². The van der Waals surface area contributed by atoms with Crippen LogP contribution in [0.5, 0.6) is 5.75 Å². The minimum atomic E-state index is 0.584. The van der Waals surface area contributed by atoms with Gasteiger partial charge in [-0.1, -0.05) is 6.07 Å². The van der Waals surface area contributed by atoms with Gasteiger partial charge in [0.2, 0.25) is 0 Å². The van der Waals surface area contributed by atoms with E-state index in [-0.39, 0.29) is 0 Å². The van der Waals surface area contributed by atoms with E-state index >= 15 is 0 Å². The second-order valence-corrected chi connectivity index (χ2v) is 8.02. The second-order valence-electron chi connectivity index (χ2n) is 8.02. The van der Waals surface area contributed by atoms with Gasteiger partial charge in [-0.05, 0) is 57.3 Å². The Morgan fingerprint density at radius 2 is 2.00 bits per heavy atom. The molecule has 144 valence electrons. The smallest absolute Gasteiger partial charge is 0.128 e. The van der Waals surface area contributed by atoms with E-state index in [0.717, 1.165) is 41.6 Å². The van der Waals surface area contributed by atoms with Crippen LogP contribution in [0.25, 0.3) is 0 Å². The van der Waals surface area contributed by atoms with Crippen LogP contribution in [-0.2, 0) is 13.1 Å². The van der Waals surface area contributed by atoms with E-state index in [1.54, 1.807) is 7.11 Å². The van der Waals surface area contributed by atoms with Crippen molar-refractivity contribution < 1.29 is 4.74 Å². The Morgan fingerprint density at radius 1 is 1.19 bits per heavy atom. The van der Waals surface area contributed by atoms with Crippen molar-refractivity contribution in [2.45, 2.75) is 45.8 Å². The number of rotatable bonds is 6. The first kappa shape index (κ1) is 18.4. The SMILES string of the molecule is COc1c(C)cnc(CN(Cc2cccnc2)[C@H]2CN3CCC2CC3)c1C. The highest BCUT2D eigenvalue weighted by atomic mass is 16.5. The van der Waals surface area contributed by atoms with Crippen molar-refractivity contribution in [3.05, 3.63) is 53.1 Å². The summed E-state index contributed by atoms with van der Waals surface area (Å²) in [5.74, 6) is 1.76. The third-order valence-electron chi connectivity index (χ3n) is 6.30. The summed E-state index contributed by atoms with van der Waals surface area (Å²) in [5.41, 5.74) is 4.65. The average Bonchev–Trinajstić information content (AvgIpc) is 2.71. The Labute approximate surface area is 162 Å². The van der Waals surface area contributed by atoms with Gasteiger partial charge in [0.15, 0.2) is 0 Å². The molecule has 5 rings (SSSR count). The minimum Gasteiger partial charge on any atom is -0.496 e. The molecule has 5 heterocycles. The van der Waals surface area contributed by atoms with Crippen molar-refractivity contribution in [2.24, 2.45) is 5.92 Å². The van der Waals surface area contributed by atoms with Crippen LogP contribution in [0.15, 0.2) is 30.7 Å². The molecule has 5 nitrogen and oxygen atoms in total. The van der Waals surface area contributed by atoms with Gasteiger partial charge in [-0.25, -0.2) is 0 Å². The number of nitrogens with zero attached hydrogens (tertiary/aromatic N) is 4. The summed E-state index contributed by atoms with van der Waals surface area (Å²) in [6, 6.07) is 4.79. The normalized spacial score (nSPS) is 24.4. The number of ether oxygens (including phenoxy) is 1. The van der Waals surface area contributed by atoms with Gasteiger partial charge < -0.3 is 9.64 Å². The van der Waals surface area contributed by atoms with Crippen LogP contribution in [-0.4, -0.2) is 52.6 Å². The quantitative estimate of drug-likeness (QED) is 0.785. The number of fused-ring (bicyclic) bond motifs is 3. The third kappa shape index (κ3) is 3.85. The molecule has 0 unspecified atom stereocenters. The predicted molar refractivity (Wildman–Crippen MR) is 107 cm³/mol. The van der Waals surface area contributed by atoms with Crippen LogP contribution in [0.1, 0.15) is 35.2 Å². The summed E-state index contributed by atoms with van der Waals surface area (Å²) in [6.07, 6.45) is 8.42. The summed E-state index contributed by atoms with van der Waals surface area (Å²) in [5, 5.41) is 0. The molecule has 3 aliphatic heterocycles. The van der Waals surface area contributed by atoms with Crippen molar-refractivity contribution in [3.63, 3.8) is 0 Å². The van der Waals surface area contributed by atoms with Crippen LogP contribution < -0.4 is 4.74 Å². The highest BCUT2D eigenvalue weighted by Gasteiger charge is 2.37. The predicted octanol–water partition coefficient (Wildman–Crippen LogP) is 3.20. The van der Waals surface area contributed by atoms with Crippen molar-refractivity contribution in [1.82, 2.24) is 19.8 Å². The average molecular weight is 367 g/mol. The summed E-state index contributed by atoms with van der Waals surface area (Å²) >= 11 is 0. The molecule has 2 aromatic heterocycles. The third-order valence-corrected chi connectivity index (χ3v) is 6.30. The molecule has 0 radical (unpaired) electrons. The molecule has 3 saturated heterocycles. The fourth-order valence-corrected chi connectivity index (χ4v) is 4.79. The van der Waals surface area contributed by atoms with Crippen LogP contribution >= 0.6 is 0 Å². The van der Waals surface area contributed by atoms with Gasteiger partial charge in [0.1, 0.15) is 5.75 Å². The molecule has 1 atom stereocenters. The van der Waals surface area contributed by atoms with Crippen LogP contribution in [0.2, 0.25) is 0 Å². The number of hydrogen-bond donors (Lipinski definition) is 0. The molecule has 0 N–H and O–H groups in total. The van der Waals surface area contributed by atoms with Crippen molar-refractivity contribution in [2.75, 3.05) is 26.7 Å². The summed E-state index contributed by atoms with van der Waals surface area (Å²) in [6.45, 7) is 9.66. The highest BCUT2D eigenvalue weighted by Crippen LogP contribution is 2.33. The Morgan fingerprint density at radius 3 is 2.63 bits per heavy atom. The monoisotopic (exact) mass is 366 g/mol. The molecule has 3 aliphatic rings. The van der Waals surface area contributed by atoms with Crippen molar-refractivity contribution >= 4 is 0 Å². The minimum absolute atomic E-state index is 0.584. The van der Waals surface area contributed by atoms with Crippen molar-refractivity contribution in [1.29, 1.82) is 0 Å². The topological polar surface area (TPSA) is 41.5 Å². The maximum Gasteiger partial charge on any atom is 0.128 e. The van der Waals surface area contributed by atoms with Gasteiger partial charge in [0.05, 0.1) is 12.8 Å². The molecular weight excluding hydrogens is 336 g/mol. The molecule has 5 heteroatoms. The number of piperidine rings is 3. The summed E-state index contributed by atoms with van der Waals surface area (Å²) in [7, 11) is 1.75. The fraction of sp³-hybridized carbons (Fsp3) is 0.545. The molecule has 3 fully saturated rings. The summed E-state index contributed by atoms with van der Waals surface area (Å²) < 4.78 is 5.63. The Balaban J connectivity index is 1.62. The molecule has 2 aromatic rings. The molecule has 0 aromatic carbocycles. The Hall–Kier alpha value is -1.98. The lowest BCUT2D eigenvalue weighted by atomic mass is 9.83. The lowest BCUT2D eigenvalue weighted by Gasteiger charge is -2.49. The van der Waals surface area contributed by atoms with Crippen molar-refractivity contribution in [3.8, 4) is 5.75 Å². The summed E-state index contributed by atoms with van der Waals surface area (Å²) in [4.78, 5) is 14.3. The zero-order valence-corrected chi connectivity index (χ0v) is 16.7. The standard InChI is InChI=1S/C22H30N4O/c1-16-11-24-20(17(2)22(16)27-3)14-26(13-18-5-4-8-23-12-18)21-15-25-9-6-19(21)7-10-25/h4-5,8,11-12,19,21H,6-7,9-10,13-15H2,1-3H3/t21-/m0/s1. The lowest BCUT2D eigenvalue weighted by Crippen LogP contribution is -2.57. The van der Waals surface area contributed by atoms with E-state index in [0.29, 0.717) is 6.04 Å². The first-order valence-corrected chi connectivity index (χ1v) is 10.00. The first-order valence-electron chi connectivity index (χ1n) is 10.00. The number of pyridine rings is 2. The van der Waals surface area contributed by atoms with Crippen LogP contribution in [0.3, 0.4) is 0 Å². The largest absolute Gasteiger partial charge is 0.496 e. The van der Waals surface area contributed by atoms with Gasteiger partial charge in [0, 0.05) is 55.4 Å². The molecular formula is C22H30N4O. The maximum atomic E-state index is 5.63. The fourth-order valence-electron chi connectivity index (χ4n) is 4.79. The molecule has 0 spiro atoms. The van der Waals surface area contributed by atoms with Gasteiger partial charge >= 0.3 is 0 Å². The van der Waals surface area contributed by atoms with Gasteiger partial charge in [0.25, 0.3) is 0 Å². The number of aromatic nitrogens is 2. The number of aryl methyl sites for hydroxylation is 1. The zero-order chi connectivity index (χ0) is 18.8. The van der Waals surface area contributed by atoms with Crippen LogP contribution in [0.4, 0.5) is 0 Å². The second kappa shape index (κ2) is 7.95. The molecule has 0 aliphatic carbocycles. The lowest BCUT2D eigenvalue weighted by molar-refractivity contribution is -0.00326. The van der Waals surface area contributed by atoms with E-state index in [9.17, 15) is 0 Å². The maximum absolute atomic E-state index is 5.63. The van der Waals surface area contributed by atoms with E-state index in [4.69, 9.17) is 9.72 Å².